The Morgan fingerprint density at radius 2 is 1.42 bits per heavy atom. The van der Waals surface area contributed by atoms with E-state index in [-0.39, 0.29) is 17.4 Å². The molecule has 31 heavy (non-hydrogen) atoms. The summed E-state index contributed by atoms with van der Waals surface area (Å²) in [6.07, 6.45) is 0.419. The van der Waals surface area contributed by atoms with Gasteiger partial charge in [-0.25, -0.2) is 0 Å². The van der Waals surface area contributed by atoms with E-state index < -0.39 is 11.9 Å². The van der Waals surface area contributed by atoms with Crippen LogP contribution >= 0.6 is 0 Å². The number of hydrogen-bond donors (Lipinski definition) is 3. The Labute approximate surface area is 181 Å². The van der Waals surface area contributed by atoms with Crippen LogP contribution in [0.1, 0.15) is 39.6 Å². The van der Waals surface area contributed by atoms with Gasteiger partial charge in [0.2, 0.25) is 5.91 Å². The fourth-order valence-electron chi connectivity index (χ4n) is 3.03. The van der Waals surface area contributed by atoms with Gasteiger partial charge in [0.05, 0.1) is 11.3 Å². The molecule has 0 aliphatic rings. The van der Waals surface area contributed by atoms with Gasteiger partial charge in [0.15, 0.2) is 0 Å². The molecule has 3 aromatic carbocycles. The van der Waals surface area contributed by atoms with Crippen LogP contribution in [0.5, 0.6) is 0 Å². The Morgan fingerprint density at radius 1 is 0.774 bits per heavy atom. The third kappa shape index (κ3) is 5.79. The number of carbonyl (C=O) groups excluding carboxylic acids is 3. The first-order valence-electron chi connectivity index (χ1n) is 10.1. The van der Waals surface area contributed by atoms with Crippen molar-refractivity contribution in [1.82, 2.24) is 5.32 Å². The van der Waals surface area contributed by atoms with Crippen LogP contribution in [0.2, 0.25) is 0 Å². The maximum atomic E-state index is 12.9. The zero-order valence-electron chi connectivity index (χ0n) is 17.5. The van der Waals surface area contributed by atoms with Crippen LogP contribution < -0.4 is 16.0 Å². The first-order chi connectivity index (χ1) is 15.0. The largest absolute Gasteiger partial charge is 0.340 e. The van der Waals surface area contributed by atoms with Gasteiger partial charge < -0.3 is 16.0 Å². The Bertz CT molecular complexity index is 1060. The van der Waals surface area contributed by atoms with Gasteiger partial charge >= 0.3 is 0 Å². The van der Waals surface area contributed by atoms with Crippen molar-refractivity contribution in [1.29, 1.82) is 0 Å². The standard InChI is InChI=1S/C25H25N3O3/c1-3-21(25(31)26-19-9-5-4-6-10-19)27-24(30)20-11-7-8-12-22(20)28-23(29)18-15-13-17(2)14-16-18/h4-16,21H,3H2,1-2H3,(H,26,31)(H,27,30)(H,28,29). The lowest BCUT2D eigenvalue weighted by Crippen LogP contribution is -2.43. The fraction of sp³-hybridized carbons (Fsp3) is 0.160. The molecule has 6 nitrogen and oxygen atoms in total. The molecule has 3 aromatic rings. The molecular formula is C25H25N3O3. The van der Waals surface area contributed by atoms with Crippen molar-refractivity contribution in [3.05, 3.63) is 95.6 Å². The molecule has 158 valence electrons. The molecule has 3 amide bonds. The van der Waals surface area contributed by atoms with Crippen LogP contribution in [0.25, 0.3) is 0 Å². The summed E-state index contributed by atoms with van der Waals surface area (Å²) < 4.78 is 0. The van der Waals surface area contributed by atoms with E-state index in [0.29, 0.717) is 23.4 Å². The summed E-state index contributed by atoms with van der Waals surface area (Å²) in [5.74, 6) is -1.05. The van der Waals surface area contributed by atoms with Gasteiger partial charge in [0.25, 0.3) is 11.8 Å². The molecular weight excluding hydrogens is 390 g/mol. The molecule has 0 radical (unpaired) electrons. The zero-order chi connectivity index (χ0) is 22.2. The van der Waals surface area contributed by atoms with Crippen LogP contribution in [0, 0.1) is 6.92 Å². The minimum Gasteiger partial charge on any atom is -0.340 e. The maximum absolute atomic E-state index is 12.9. The quantitative estimate of drug-likeness (QED) is 0.535. The van der Waals surface area contributed by atoms with Gasteiger partial charge in [0.1, 0.15) is 6.04 Å². The topological polar surface area (TPSA) is 87.3 Å². The minimum atomic E-state index is -0.714. The molecule has 0 aliphatic carbocycles. The Morgan fingerprint density at radius 3 is 2.10 bits per heavy atom. The molecule has 1 unspecified atom stereocenters. The number of hydrogen-bond acceptors (Lipinski definition) is 3. The summed E-state index contributed by atoms with van der Waals surface area (Å²) in [6, 6.07) is 22.2. The van der Waals surface area contributed by atoms with Gasteiger partial charge in [-0.1, -0.05) is 55.0 Å². The van der Waals surface area contributed by atoms with Crippen molar-refractivity contribution in [2.75, 3.05) is 10.6 Å². The summed E-state index contributed by atoms with van der Waals surface area (Å²) in [6.45, 7) is 3.76. The van der Waals surface area contributed by atoms with Crippen LogP contribution in [-0.4, -0.2) is 23.8 Å². The second-order valence-electron chi connectivity index (χ2n) is 7.16. The van der Waals surface area contributed by atoms with Gasteiger partial charge in [0, 0.05) is 11.3 Å². The minimum absolute atomic E-state index is 0.286. The molecule has 6 heteroatoms. The predicted octanol–water partition coefficient (Wildman–Crippen LogP) is 4.39. The van der Waals surface area contributed by atoms with E-state index in [9.17, 15) is 14.4 Å². The number of amides is 3. The van der Waals surface area contributed by atoms with E-state index in [0.717, 1.165) is 5.56 Å². The van der Waals surface area contributed by atoms with Crippen LogP contribution in [0.3, 0.4) is 0 Å². The highest BCUT2D eigenvalue weighted by molar-refractivity contribution is 6.10. The third-order valence-electron chi connectivity index (χ3n) is 4.81. The second kappa shape index (κ2) is 10.2. The lowest BCUT2D eigenvalue weighted by Gasteiger charge is -2.18. The SMILES string of the molecule is CCC(NC(=O)c1ccccc1NC(=O)c1ccc(C)cc1)C(=O)Nc1ccccc1. The monoisotopic (exact) mass is 415 g/mol. The number of carbonyl (C=O) groups is 3. The predicted molar refractivity (Wildman–Crippen MR) is 122 cm³/mol. The van der Waals surface area contributed by atoms with Gasteiger partial charge in [-0.05, 0) is 49.7 Å². The van der Waals surface area contributed by atoms with Crippen LogP contribution in [-0.2, 0) is 4.79 Å². The first-order valence-corrected chi connectivity index (χ1v) is 10.1. The molecule has 0 bridgehead atoms. The highest BCUT2D eigenvalue weighted by Crippen LogP contribution is 2.17. The molecule has 0 aromatic heterocycles. The van der Waals surface area contributed by atoms with Crippen molar-refractivity contribution in [3.63, 3.8) is 0 Å². The van der Waals surface area contributed by atoms with Crippen molar-refractivity contribution < 1.29 is 14.4 Å². The smallest absolute Gasteiger partial charge is 0.255 e. The van der Waals surface area contributed by atoms with Crippen molar-refractivity contribution in [2.45, 2.75) is 26.3 Å². The summed E-state index contributed by atoms with van der Waals surface area (Å²) in [5, 5.41) is 8.35. The molecule has 0 aliphatic heterocycles. The highest BCUT2D eigenvalue weighted by Gasteiger charge is 2.22. The molecule has 0 saturated carbocycles. The Balaban J connectivity index is 1.71. The van der Waals surface area contributed by atoms with Crippen molar-refractivity contribution in [3.8, 4) is 0 Å². The van der Waals surface area contributed by atoms with E-state index >= 15 is 0 Å². The molecule has 3 rings (SSSR count). The highest BCUT2D eigenvalue weighted by atomic mass is 16.2. The lowest BCUT2D eigenvalue weighted by atomic mass is 10.1. The van der Waals surface area contributed by atoms with Crippen LogP contribution in [0.4, 0.5) is 11.4 Å². The number of benzene rings is 3. The first kappa shape index (κ1) is 21.8. The Hall–Kier alpha value is -3.93. The number of aryl methyl sites for hydroxylation is 1. The fourth-order valence-corrected chi connectivity index (χ4v) is 3.03. The summed E-state index contributed by atoms with van der Waals surface area (Å²) >= 11 is 0. The molecule has 0 fully saturated rings. The average Bonchev–Trinajstić information content (AvgIpc) is 2.78. The number of rotatable bonds is 7. The number of anilines is 2. The summed E-state index contributed by atoms with van der Waals surface area (Å²) in [7, 11) is 0. The molecule has 3 N–H and O–H groups in total. The second-order valence-corrected chi connectivity index (χ2v) is 7.16. The number of nitrogens with one attached hydrogen (secondary N) is 3. The molecule has 0 spiro atoms. The third-order valence-corrected chi connectivity index (χ3v) is 4.81. The maximum Gasteiger partial charge on any atom is 0.255 e. The zero-order valence-corrected chi connectivity index (χ0v) is 17.5. The van der Waals surface area contributed by atoms with Gasteiger partial charge in [-0.3, -0.25) is 14.4 Å². The van der Waals surface area contributed by atoms with Crippen molar-refractivity contribution >= 4 is 29.1 Å². The summed E-state index contributed by atoms with van der Waals surface area (Å²) in [4.78, 5) is 38.1. The van der Waals surface area contributed by atoms with Crippen LogP contribution in [0.15, 0.2) is 78.9 Å². The van der Waals surface area contributed by atoms with E-state index in [1.807, 2.05) is 44.2 Å². The molecule has 1 atom stereocenters. The van der Waals surface area contributed by atoms with E-state index in [1.54, 1.807) is 48.5 Å². The van der Waals surface area contributed by atoms with Gasteiger partial charge in [-0.2, -0.15) is 0 Å². The van der Waals surface area contributed by atoms with Gasteiger partial charge in [-0.15, -0.1) is 0 Å². The number of para-hydroxylation sites is 2. The lowest BCUT2D eigenvalue weighted by molar-refractivity contribution is -0.118. The van der Waals surface area contributed by atoms with E-state index in [1.165, 1.54) is 0 Å². The molecule has 0 heterocycles. The van der Waals surface area contributed by atoms with Crippen molar-refractivity contribution in [2.24, 2.45) is 0 Å². The Kier molecular flexibility index (Phi) is 7.17. The normalized spacial score (nSPS) is 11.3. The van der Waals surface area contributed by atoms with E-state index in [4.69, 9.17) is 0 Å². The van der Waals surface area contributed by atoms with E-state index in [2.05, 4.69) is 16.0 Å². The molecule has 0 saturated heterocycles. The summed E-state index contributed by atoms with van der Waals surface area (Å²) in [5.41, 5.74) is 2.87. The average molecular weight is 415 g/mol.